The molecule has 0 bridgehead atoms. The lowest BCUT2D eigenvalue weighted by molar-refractivity contribution is -0.00514. The Balaban J connectivity index is 1.83. The maximum Gasteiger partial charge on any atom is 0.327 e. The maximum atomic E-state index is 12.5. The number of para-hydroxylation sites is 1. The molecule has 6 heteroatoms. The minimum atomic E-state index is -0.121. The zero-order chi connectivity index (χ0) is 18.0. The number of hydrogen-bond donors (Lipinski definition) is 1. The molecule has 0 aliphatic carbocycles. The Labute approximate surface area is 149 Å². The molecule has 1 fully saturated rings. The lowest BCUT2D eigenvalue weighted by atomic mass is 10.1. The van der Waals surface area contributed by atoms with Crippen LogP contribution < -0.4 is 10.2 Å². The Morgan fingerprint density at radius 1 is 1.32 bits per heavy atom. The molecule has 1 amide bonds. The summed E-state index contributed by atoms with van der Waals surface area (Å²) in [6.45, 7) is 10.8. The summed E-state index contributed by atoms with van der Waals surface area (Å²) in [5.74, 6) is 0.566. The van der Waals surface area contributed by atoms with Crippen LogP contribution in [0.3, 0.4) is 0 Å². The quantitative estimate of drug-likeness (QED) is 0.925. The summed E-state index contributed by atoms with van der Waals surface area (Å²) in [5.41, 5.74) is 2.77. The van der Waals surface area contributed by atoms with Crippen LogP contribution in [-0.2, 0) is 4.74 Å². The molecule has 136 valence electrons. The van der Waals surface area contributed by atoms with Crippen LogP contribution in [0.5, 0.6) is 0 Å². The SMILES string of the molecule is CC(C)CCNC(=O)n1cnc2c(N3C[C@@H](C)O[C@@H](C)C3)cccc21. The second-order valence-corrected chi connectivity index (χ2v) is 7.34. The number of nitrogens with zero attached hydrogens (tertiary/aromatic N) is 3. The third-order valence-electron chi connectivity index (χ3n) is 4.53. The number of nitrogens with one attached hydrogen (secondary N) is 1. The van der Waals surface area contributed by atoms with Gasteiger partial charge in [-0.2, -0.15) is 0 Å². The molecule has 1 saturated heterocycles. The van der Waals surface area contributed by atoms with Crippen molar-refractivity contribution in [2.24, 2.45) is 5.92 Å². The number of carbonyl (C=O) groups is 1. The molecule has 0 spiro atoms. The van der Waals surface area contributed by atoms with Gasteiger partial charge in [0.05, 0.1) is 23.4 Å². The van der Waals surface area contributed by atoms with Crippen LogP contribution in [0.2, 0.25) is 0 Å². The Kier molecular flexibility index (Phi) is 5.27. The first-order valence-corrected chi connectivity index (χ1v) is 9.10. The molecule has 1 aromatic carbocycles. The van der Waals surface area contributed by atoms with Gasteiger partial charge in [-0.1, -0.05) is 19.9 Å². The number of anilines is 1. The van der Waals surface area contributed by atoms with Gasteiger partial charge in [-0.05, 0) is 38.3 Å². The van der Waals surface area contributed by atoms with Gasteiger partial charge in [-0.25, -0.2) is 9.78 Å². The van der Waals surface area contributed by atoms with Crippen LogP contribution in [0, 0.1) is 5.92 Å². The van der Waals surface area contributed by atoms with E-state index >= 15 is 0 Å². The third kappa shape index (κ3) is 3.95. The number of rotatable bonds is 4. The number of benzene rings is 1. The smallest absolute Gasteiger partial charge is 0.327 e. The van der Waals surface area contributed by atoms with E-state index in [1.54, 1.807) is 10.9 Å². The normalized spacial score (nSPS) is 21.1. The first-order chi connectivity index (χ1) is 12.0. The second-order valence-electron chi connectivity index (χ2n) is 7.34. The van der Waals surface area contributed by atoms with Gasteiger partial charge in [0.15, 0.2) is 0 Å². The average Bonchev–Trinajstić information content (AvgIpc) is 2.97. The zero-order valence-electron chi connectivity index (χ0n) is 15.5. The van der Waals surface area contributed by atoms with Gasteiger partial charge in [0.2, 0.25) is 0 Å². The van der Waals surface area contributed by atoms with Crippen molar-refractivity contribution in [3.63, 3.8) is 0 Å². The minimum Gasteiger partial charge on any atom is -0.372 e. The van der Waals surface area contributed by atoms with Crippen molar-refractivity contribution in [3.8, 4) is 0 Å². The average molecular weight is 344 g/mol. The van der Waals surface area contributed by atoms with Crippen LogP contribution in [-0.4, -0.2) is 47.4 Å². The van der Waals surface area contributed by atoms with Crippen molar-refractivity contribution >= 4 is 22.8 Å². The molecule has 2 atom stereocenters. The molecule has 1 aromatic heterocycles. The summed E-state index contributed by atoms with van der Waals surface area (Å²) in [5, 5.41) is 2.97. The first-order valence-electron chi connectivity index (χ1n) is 9.10. The van der Waals surface area contributed by atoms with Gasteiger partial charge < -0.3 is 15.0 Å². The summed E-state index contributed by atoms with van der Waals surface area (Å²) in [6, 6.07) is 5.88. The van der Waals surface area contributed by atoms with E-state index in [-0.39, 0.29) is 18.2 Å². The van der Waals surface area contributed by atoms with Crippen LogP contribution in [0.25, 0.3) is 11.0 Å². The van der Waals surface area contributed by atoms with Crippen molar-refractivity contribution < 1.29 is 9.53 Å². The highest BCUT2D eigenvalue weighted by Gasteiger charge is 2.24. The number of aromatic nitrogens is 2. The van der Waals surface area contributed by atoms with Crippen LogP contribution >= 0.6 is 0 Å². The van der Waals surface area contributed by atoms with Crippen molar-refractivity contribution in [1.82, 2.24) is 14.9 Å². The van der Waals surface area contributed by atoms with Crippen molar-refractivity contribution in [2.45, 2.75) is 46.3 Å². The molecule has 3 rings (SSSR count). The van der Waals surface area contributed by atoms with E-state index in [0.717, 1.165) is 36.2 Å². The Hall–Kier alpha value is -2.08. The molecule has 0 saturated carbocycles. The third-order valence-corrected chi connectivity index (χ3v) is 4.53. The molecule has 2 aromatic rings. The molecule has 1 aliphatic heterocycles. The number of fused-ring (bicyclic) bond motifs is 1. The lowest BCUT2D eigenvalue weighted by Crippen LogP contribution is -2.45. The molecule has 0 radical (unpaired) electrons. The van der Waals surface area contributed by atoms with Crippen molar-refractivity contribution in [3.05, 3.63) is 24.5 Å². The first kappa shape index (κ1) is 17.7. The predicted molar refractivity (Wildman–Crippen MR) is 100 cm³/mol. The topological polar surface area (TPSA) is 59.4 Å². The zero-order valence-corrected chi connectivity index (χ0v) is 15.5. The van der Waals surface area contributed by atoms with Gasteiger partial charge in [-0.15, -0.1) is 0 Å². The van der Waals surface area contributed by atoms with E-state index < -0.39 is 0 Å². The molecule has 6 nitrogen and oxygen atoms in total. The fourth-order valence-electron chi connectivity index (χ4n) is 3.37. The van der Waals surface area contributed by atoms with Gasteiger partial charge in [-0.3, -0.25) is 4.57 Å². The number of carbonyl (C=O) groups excluding carboxylic acids is 1. The summed E-state index contributed by atoms with van der Waals surface area (Å²) in [4.78, 5) is 19.3. The molecule has 1 N–H and O–H groups in total. The Morgan fingerprint density at radius 3 is 2.72 bits per heavy atom. The van der Waals surface area contributed by atoms with Gasteiger partial charge in [0, 0.05) is 19.6 Å². The number of hydrogen-bond acceptors (Lipinski definition) is 4. The van der Waals surface area contributed by atoms with Crippen molar-refractivity contribution in [1.29, 1.82) is 0 Å². The molecule has 0 unspecified atom stereocenters. The van der Waals surface area contributed by atoms with E-state index in [1.165, 1.54) is 0 Å². The number of imidazole rings is 1. The second kappa shape index (κ2) is 7.44. The molecule has 2 heterocycles. The predicted octanol–water partition coefficient (Wildman–Crippen LogP) is 3.25. The maximum absolute atomic E-state index is 12.5. The van der Waals surface area contributed by atoms with Crippen LogP contribution in [0.1, 0.15) is 34.1 Å². The number of morpholine rings is 1. The number of amides is 1. The standard InChI is InChI=1S/C19H28N4O2/c1-13(2)8-9-20-19(24)23-12-21-18-16(6-5-7-17(18)23)22-10-14(3)25-15(4)11-22/h5-7,12-15H,8-11H2,1-4H3,(H,20,24)/t14-,15+. The highest BCUT2D eigenvalue weighted by molar-refractivity contribution is 5.95. The lowest BCUT2D eigenvalue weighted by Gasteiger charge is -2.36. The molecule has 25 heavy (non-hydrogen) atoms. The summed E-state index contributed by atoms with van der Waals surface area (Å²) < 4.78 is 7.43. The van der Waals surface area contributed by atoms with Crippen molar-refractivity contribution in [2.75, 3.05) is 24.5 Å². The largest absolute Gasteiger partial charge is 0.372 e. The van der Waals surface area contributed by atoms with Gasteiger partial charge in [0.25, 0.3) is 0 Å². The number of ether oxygens (including phenoxy) is 1. The van der Waals surface area contributed by atoms with E-state index in [9.17, 15) is 4.79 Å². The van der Waals surface area contributed by atoms with E-state index in [0.29, 0.717) is 12.5 Å². The van der Waals surface area contributed by atoms with E-state index in [2.05, 4.69) is 49.0 Å². The van der Waals surface area contributed by atoms with Crippen LogP contribution in [0.4, 0.5) is 10.5 Å². The van der Waals surface area contributed by atoms with Gasteiger partial charge >= 0.3 is 6.03 Å². The Morgan fingerprint density at radius 2 is 2.04 bits per heavy atom. The molecular formula is C19H28N4O2. The van der Waals surface area contributed by atoms with E-state index in [4.69, 9.17) is 4.74 Å². The highest BCUT2D eigenvalue weighted by atomic mass is 16.5. The monoisotopic (exact) mass is 344 g/mol. The summed E-state index contributed by atoms with van der Waals surface area (Å²) >= 11 is 0. The Bertz CT molecular complexity index is 730. The van der Waals surface area contributed by atoms with E-state index in [1.807, 2.05) is 12.1 Å². The summed E-state index contributed by atoms with van der Waals surface area (Å²) in [6.07, 6.45) is 2.94. The fourth-order valence-corrected chi connectivity index (χ4v) is 3.37. The fraction of sp³-hybridized carbons (Fsp3) is 0.579. The molecule has 1 aliphatic rings. The highest BCUT2D eigenvalue weighted by Crippen LogP contribution is 2.28. The van der Waals surface area contributed by atoms with Crippen LogP contribution in [0.15, 0.2) is 24.5 Å². The molecular weight excluding hydrogens is 316 g/mol. The summed E-state index contributed by atoms with van der Waals surface area (Å²) in [7, 11) is 0. The minimum absolute atomic E-state index is 0.121. The van der Waals surface area contributed by atoms with Gasteiger partial charge in [0.1, 0.15) is 11.8 Å².